The van der Waals surface area contributed by atoms with Crippen LogP contribution in [0.3, 0.4) is 0 Å². The molecule has 0 spiro atoms. The molecule has 0 aliphatic carbocycles. The normalized spacial score (nSPS) is 17.6. The highest BCUT2D eigenvalue weighted by Crippen LogP contribution is 2.19. The molecule has 5 heteroatoms. The van der Waals surface area contributed by atoms with Gasteiger partial charge in [0.2, 0.25) is 5.91 Å². The molecule has 1 fully saturated rings. The first-order valence-electron chi connectivity index (χ1n) is 8.47. The molecular formula is C19H24N4O. The number of carbonyl (C=O) groups is 1. The Morgan fingerprint density at radius 2 is 2.00 bits per heavy atom. The predicted octanol–water partition coefficient (Wildman–Crippen LogP) is 3.12. The Hall–Kier alpha value is -2.43. The van der Waals surface area contributed by atoms with Gasteiger partial charge in [-0.1, -0.05) is 43.7 Å². The standard InChI is InChI=1S/C19H24N4O/c1-13(2)18-20-10-8-17(22-18)21-16-9-11-23(19(16)24)12-15-6-4-14(3)5-7-15/h4-8,10,13,16H,9,11-12H2,1-3H3,(H,20,21,22). The SMILES string of the molecule is Cc1ccc(CN2CCC(Nc3ccnc(C(C)C)n3)C2=O)cc1. The van der Waals surface area contributed by atoms with Crippen LogP contribution in [0.4, 0.5) is 5.82 Å². The third-order valence-corrected chi connectivity index (χ3v) is 4.30. The third-order valence-electron chi connectivity index (χ3n) is 4.30. The zero-order valence-corrected chi connectivity index (χ0v) is 14.5. The molecule has 126 valence electrons. The Balaban J connectivity index is 1.63. The van der Waals surface area contributed by atoms with Crippen molar-refractivity contribution in [2.24, 2.45) is 0 Å². The number of anilines is 1. The lowest BCUT2D eigenvalue weighted by Crippen LogP contribution is -2.33. The summed E-state index contributed by atoms with van der Waals surface area (Å²) in [6, 6.07) is 9.96. The molecule has 1 aromatic carbocycles. The van der Waals surface area contributed by atoms with Gasteiger partial charge in [-0.25, -0.2) is 9.97 Å². The molecule has 2 aromatic rings. The van der Waals surface area contributed by atoms with Gasteiger partial charge in [0, 0.05) is 25.2 Å². The third kappa shape index (κ3) is 3.72. The van der Waals surface area contributed by atoms with Crippen molar-refractivity contribution in [2.45, 2.75) is 45.7 Å². The van der Waals surface area contributed by atoms with Crippen molar-refractivity contribution in [1.29, 1.82) is 0 Å². The van der Waals surface area contributed by atoms with E-state index in [4.69, 9.17) is 0 Å². The van der Waals surface area contributed by atoms with Crippen LogP contribution in [0.5, 0.6) is 0 Å². The average molecular weight is 324 g/mol. The van der Waals surface area contributed by atoms with Gasteiger partial charge in [-0.3, -0.25) is 4.79 Å². The first kappa shape index (κ1) is 16.4. The monoisotopic (exact) mass is 324 g/mol. The molecule has 1 aliphatic heterocycles. The van der Waals surface area contributed by atoms with Crippen LogP contribution in [0.1, 0.15) is 43.1 Å². The summed E-state index contributed by atoms with van der Waals surface area (Å²) in [6.07, 6.45) is 2.54. The maximum Gasteiger partial charge on any atom is 0.245 e. The van der Waals surface area contributed by atoms with Gasteiger partial charge in [-0.15, -0.1) is 0 Å². The number of hydrogen-bond acceptors (Lipinski definition) is 4. The fourth-order valence-corrected chi connectivity index (χ4v) is 2.85. The lowest BCUT2D eigenvalue weighted by molar-refractivity contribution is -0.128. The molecule has 1 aromatic heterocycles. The van der Waals surface area contributed by atoms with Crippen molar-refractivity contribution in [3.8, 4) is 0 Å². The Kier molecular flexibility index (Phi) is 4.79. The molecule has 0 radical (unpaired) electrons. The highest BCUT2D eigenvalue weighted by molar-refractivity contribution is 5.86. The van der Waals surface area contributed by atoms with Gasteiger partial charge in [0.05, 0.1) is 0 Å². The summed E-state index contributed by atoms with van der Waals surface area (Å²) in [4.78, 5) is 23.3. The van der Waals surface area contributed by atoms with Crippen molar-refractivity contribution in [1.82, 2.24) is 14.9 Å². The smallest absolute Gasteiger partial charge is 0.245 e. The summed E-state index contributed by atoms with van der Waals surface area (Å²) in [5, 5.41) is 3.27. The minimum Gasteiger partial charge on any atom is -0.358 e. The second-order valence-electron chi connectivity index (χ2n) is 6.69. The number of amides is 1. The zero-order valence-electron chi connectivity index (χ0n) is 14.5. The largest absolute Gasteiger partial charge is 0.358 e. The molecule has 3 rings (SSSR count). The number of nitrogens with one attached hydrogen (secondary N) is 1. The number of nitrogens with zero attached hydrogens (tertiary/aromatic N) is 3. The first-order chi connectivity index (χ1) is 11.5. The molecule has 1 unspecified atom stereocenters. The highest BCUT2D eigenvalue weighted by atomic mass is 16.2. The second-order valence-corrected chi connectivity index (χ2v) is 6.69. The molecule has 1 saturated heterocycles. The van der Waals surface area contributed by atoms with E-state index in [0.29, 0.717) is 6.54 Å². The first-order valence-corrected chi connectivity index (χ1v) is 8.47. The summed E-state index contributed by atoms with van der Waals surface area (Å²) >= 11 is 0. The molecule has 1 N–H and O–H groups in total. The van der Waals surface area contributed by atoms with Crippen LogP contribution in [-0.4, -0.2) is 33.4 Å². The minimum absolute atomic E-state index is 0.139. The van der Waals surface area contributed by atoms with E-state index >= 15 is 0 Å². The van der Waals surface area contributed by atoms with E-state index in [0.717, 1.165) is 24.6 Å². The number of hydrogen-bond donors (Lipinski definition) is 1. The molecule has 1 aliphatic rings. The van der Waals surface area contributed by atoms with E-state index in [1.165, 1.54) is 11.1 Å². The van der Waals surface area contributed by atoms with Crippen LogP contribution in [-0.2, 0) is 11.3 Å². The quantitative estimate of drug-likeness (QED) is 0.918. The summed E-state index contributed by atoms with van der Waals surface area (Å²) in [5.74, 6) is 1.93. The molecule has 5 nitrogen and oxygen atoms in total. The van der Waals surface area contributed by atoms with Crippen LogP contribution >= 0.6 is 0 Å². The molecule has 1 amide bonds. The van der Waals surface area contributed by atoms with Crippen LogP contribution in [0.15, 0.2) is 36.5 Å². The van der Waals surface area contributed by atoms with Crippen LogP contribution in [0, 0.1) is 6.92 Å². The predicted molar refractivity (Wildman–Crippen MR) is 94.7 cm³/mol. The van der Waals surface area contributed by atoms with Crippen molar-refractivity contribution >= 4 is 11.7 Å². The lowest BCUT2D eigenvalue weighted by atomic mass is 10.1. The van der Waals surface area contributed by atoms with Crippen molar-refractivity contribution in [3.63, 3.8) is 0 Å². The van der Waals surface area contributed by atoms with Crippen molar-refractivity contribution in [2.75, 3.05) is 11.9 Å². The van der Waals surface area contributed by atoms with Crippen LogP contribution in [0.2, 0.25) is 0 Å². The number of carbonyl (C=O) groups excluding carboxylic acids is 1. The fraction of sp³-hybridized carbons (Fsp3) is 0.421. The van der Waals surface area contributed by atoms with E-state index in [-0.39, 0.29) is 17.9 Å². The number of aromatic nitrogens is 2. The Morgan fingerprint density at radius 3 is 2.71 bits per heavy atom. The van der Waals surface area contributed by atoms with E-state index in [1.807, 2.05) is 11.0 Å². The second kappa shape index (κ2) is 6.99. The topological polar surface area (TPSA) is 58.1 Å². The van der Waals surface area contributed by atoms with E-state index in [1.54, 1.807) is 6.20 Å². The molecule has 24 heavy (non-hydrogen) atoms. The van der Waals surface area contributed by atoms with Crippen molar-refractivity contribution < 1.29 is 4.79 Å². The van der Waals surface area contributed by atoms with E-state index in [9.17, 15) is 4.79 Å². The number of benzene rings is 1. The minimum atomic E-state index is -0.203. The van der Waals surface area contributed by atoms with Gasteiger partial charge in [-0.05, 0) is 25.0 Å². The summed E-state index contributed by atoms with van der Waals surface area (Å²) in [7, 11) is 0. The summed E-state index contributed by atoms with van der Waals surface area (Å²) in [6.45, 7) is 7.62. The Labute approximate surface area is 143 Å². The van der Waals surface area contributed by atoms with Gasteiger partial charge < -0.3 is 10.2 Å². The molecule has 0 bridgehead atoms. The van der Waals surface area contributed by atoms with Gasteiger partial charge >= 0.3 is 0 Å². The Bertz CT molecular complexity index is 712. The van der Waals surface area contributed by atoms with Crippen LogP contribution < -0.4 is 5.32 Å². The van der Waals surface area contributed by atoms with Gasteiger partial charge in [0.1, 0.15) is 17.7 Å². The zero-order chi connectivity index (χ0) is 17.1. The highest BCUT2D eigenvalue weighted by Gasteiger charge is 2.31. The maximum atomic E-state index is 12.6. The number of rotatable bonds is 5. The van der Waals surface area contributed by atoms with Crippen LogP contribution in [0.25, 0.3) is 0 Å². The number of aryl methyl sites for hydroxylation is 1. The van der Waals surface area contributed by atoms with E-state index < -0.39 is 0 Å². The average Bonchev–Trinajstić information content (AvgIpc) is 2.90. The molecule has 2 heterocycles. The fourth-order valence-electron chi connectivity index (χ4n) is 2.85. The number of likely N-dealkylation sites (tertiary alicyclic amines) is 1. The molecular weight excluding hydrogens is 300 g/mol. The summed E-state index contributed by atoms with van der Waals surface area (Å²) in [5.41, 5.74) is 2.40. The molecule has 0 saturated carbocycles. The van der Waals surface area contributed by atoms with E-state index in [2.05, 4.69) is 60.3 Å². The molecule has 1 atom stereocenters. The van der Waals surface area contributed by atoms with Gasteiger partial charge in [0.15, 0.2) is 0 Å². The lowest BCUT2D eigenvalue weighted by Gasteiger charge is -2.18. The van der Waals surface area contributed by atoms with Gasteiger partial charge in [-0.2, -0.15) is 0 Å². The summed E-state index contributed by atoms with van der Waals surface area (Å²) < 4.78 is 0. The van der Waals surface area contributed by atoms with Gasteiger partial charge in [0.25, 0.3) is 0 Å². The maximum absolute atomic E-state index is 12.6. The Morgan fingerprint density at radius 1 is 1.25 bits per heavy atom. The van der Waals surface area contributed by atoms with Crippen molar-refractivity contribution in [3.05, 3.63) is 53.5 Å².